The number of aromatic amines is 1. The lowest BCUT2D eigenvalue weighted by Gasteiger charge is -2.38. The summed E-state index contributed by atoms with van der Waals surface area (Å²) in [6, 6.07) is 5.25. The van der Waals surface area contributed by atoms with Gasteiger partial charge in [-0.3, -0.25) is 9.69 Å². The molecule has 0 radical (unpaired) electrons. The molecule has 1 unspecified atom stereocenters. The Morgan fingerprint density at radius 3 is 2.69 bits per heavy atom. The van der Waals surface area contributed by atoms with E-state index in [-0.39, 0.29) is 18.4 Å². The number of methoxy groups -OCH3 is 1. The third kappa shape index (κ3) is 3.83. The van der Waals surface area contributed by atoms with Crippen LogP contribution in [0, 0.1) is 0 Å². The molecular weight excluding hydrogens is 414 g/mol. The number of likely N-dealkylation sites (N-methyl/N-ethyl adjacent to an activating group) is 1. The Labute approximate surface area is 184 Å². The largest absolute Gasteiger partial charge is 0.454 e. The maximum Gasteiger partial charge on any atom is 0.253 e. The molecule has 2 aliphatic heterocycles. The summed E-state index contributed by atoms with van der Waals surface area (Å²) in [4.78, 5) is 21.0. The van der Waals surface area contributed by atoms with Crippen LogP contribution in [0.5, 0.6) is 11.5 Å². The highest BCUT2D eigenvalue weighted by molar-refractivity contribution is 5.83. The van der Waals surface area contributed by atoms with Crippen LogP contribution < -0.4 is 15.0 Å². The first kappa shape index (κ1) is 20.9. The van der Waals surface area contributed by atoms with Crippen molar-refractivity contribution in [1.82, 2.24) is 35.0 Å². The predicted molar refractivity (Wildman–Crippen MR) is 116 cm³/mol. The van der Waals surface area contributed by atoms with Crippen molar-refractivity contribution in [2.24, 2.45) is 0 Å². The number of nitrogens with one attached hydrogen (secondary N) is 1. The highest BCUT2D eigenvalue weighted by Gasteiger charge is 2.32. The summed E-state index contributed by atoms with van der Waals surface area (Å²) in [6.07, 6.45) is 0. The average molecular weight is 441 g/mol. The van der Waals surface area contributed by atoms with Crippen LogP contribution in [-0.4, -0.2) is 88.2 Å². The number of piperazine rings is 1. The topological polar surface area (TPSA) is 111 Å². The second-order valence-electron chi connectivity index (χ2n) is 7.97. The summed E-state index contributed by atoms with van der Waals surface area (Å²) in [5.74, 6) is 1.95. The molecule has 11 nitrogen and oxygen atoms in total. The van der Waals surface area contributed by atoms with E-state index < -0.39 is 0 Å². The van der Waals surface area contributed by atoms with Crippen LogP contribution in [0.25, 0.3) is 10.9 Å². The van der Waals surface area contributed by atoms with E-state index in [2.05, 4.69) is 37.2 Å². The van der Waals surface area contributed by atoms with E-state index >= 15 is 0 Å². The van der Waals surface area contributed by atoms with Crippen molar-refractivity contribution in [3.8, 4) is 11.5 Å². The zero-order chi connectivity index (χ0) is 22.1. The molecule has 0 saturated carbocycles. The molecule has 2 aromatic heterocycles. The average Bonchev–Trinajstić information content (AvgIpc) is 3.46. The molecule has 0 aliphatic carbocycles. The maximum absolute atomic E-state index is 13.3. The second-order valence-corrected chi connectivity index (χ2v) is 7.97. The van der Waals surface area contributed by atoms with Gasteiger partial charge in [-0.15, -0.1) is 5.10 Å². The molecule has 1 fully saturated rings. The minimum absolute atomic E-state index is 0.166. The number of nitrogens with zero attached hydrogens (tertiary/aromatic N) is 6. The molecule has 0 spiro atoms. The molecule has 3 aromatic rings. The first-order valence-electron chi connectivity index (χ1n) is 10.9. The Balaban J connectivity index is 1.59. The van der Waals surface area contributed by atoms with E-state index in [0.717, 1.165) is 38.1 Å². The monoisotopic (exact) mass is 441 g/mol. The highest BCUT2D eigenvalue weighted by Crippen LogP contribution is 2.36. The molecule has 170 valence electrons. The van der Waals surface area contributed by atoms with Crippen molar-refractivity contribution in [3.63, 3.8) is 0 Å². The molecule has 1 saturated heterocycles. The van der Waals surface area contributed by atoms with Gasteiger partial charge in [-0.1, -0.05) is 6.92 Å². The molecule has 2 aliphatic rings. The highest BCUT2D eigenvalue weighted by atomic mass is 16.7. The number of hydrogen-bond donors (Lipinski definition) is 1. The fourth-order valence-electron chi connectivity index (χ4n) is 4.40. The normalized spacial score (nSPS) is 17.8. The van der Waals surface area contributed by atoms with E-state index in [1.807, 2.05) is 12.1 Å². The summed E-state index contributed by atoms with van der Waals surface area (Å²) >= 11 is 0. The van der Waals surface area contributed by atoms with Crippen LogP contribution in [0.2, 0.25) is 0 Å². The van der Waals surface area contributed by atoms with Gasteiger partial charge in [-0.05, 0) is 29.1 Å². The van der Waals surface area contributed by atoms with Crippen molar-refractivity contribution < 1.29 is 14.2 Å². The van der Waals surface area contributed by atoms with Crippen molar-refractivity contribution in [3.05, 3.63) is 39.9 Å². The standard InChI is InChI=1S/C21H27N7O4/c1-3-26-4-6-27(7-5-26)19(20-23-24-25-28(20)8-9-30-2)15-10-14-11-17-18(32-13-31-17)12-16(14)22-21(15)29/h10-12,19H,3-9,13H2,1-2H3,(H,22,29). The zero-order valence-corrected chi connectivity index (χ0v) is 18.3. The third-order valence-corrected chi connectivity index (χ3v) is 6.19. The molecule has 0 bridgehead atoms. The van der Waals surface area contributed by atoms with Gasteiger partial charge in [0, 0.05) is 50.3 Å². The van der Waals surface area contributed by atoms with Gasteiger partial charge in [-0.2, -0.15) is 0 Å². The quantitative estimate of drug-likeness (QED) is 0.564. The fourth-order valence-corrected chi connectivity index (χ4v) is 4.40. The smallest absolute Gasteiger partial charge is 0.253 e. The lowest BCUT2D eigenvalue weighted by Crippen LogP contribution is -2.49. The lowest BCUT2D eigenvalue weighted by atomic mass is 10.0. The minimum Gasteiger partial charge on any atom is -0.454 e. The Kier molecular flexibility index (Phi) is 5.77. The Morgan fingerprint density at radius 1 is 1.16 bits per heavy atom. The van der Waals surface area contributed by atoms with Crippen molar-refractivity contribution >= 4 is 10.9 Å². The predicted octanol–water partition coefficient (Wildman–Crippen LogP) is 0.617. The van der Waals surface area contributed by atoms with Gasteiger partial charge in [-0.25, -0.2) is 4.68 Å². The van der Waals surface area contributed by atoms with E-state index in [1.54, 1.807) is 17.9 Å². The first-order valence-corrected chi connectivity index (χ1v) is 10.9. The van der Waals surface area contributed by atoms with E-state index in [0.29, 0.717) is 41.6 Å². The van der Waals surface area contributed by atoms with Crippen LogP contribution in [0.3, 0.4) is 0 Å². The molecule has 0 amide bonds. The number of pyridine rings is 1. The van der Waals surface area contributed by atoms with Crippen molar-refractivity contribution in [2.75, 3.05) is 53.2 Å². The molecule has 11 heteroatoms. The number of fused-ring (bicyclic) bond motifs is 2. The number of rotatable bonds is 7. The Morgan fingerprint density at radius 2 is 1.94 bits per heavy atom. The van der Waals surface area contributed by atoms with Gasteiger partial charge in [0.2, 0.25) is 6.79 Å². The number of tetrazole rings is 1. The zero-order valence-electron chi connectivity index (χ0n) is 18.3. The van der Waals surface area contributed by atoms with Crippen LogP contribution >= 0.6 is 0 Å². The number of benzene rings is 1. The Bertz CT molecular complexity index is 1150. The molecule has 1 aromatic carbocycles. The summed E-state index contributed by atoms with van der Waals surface area (Å²) in [5, 5.41) is 13.3. The van der Waals surface area contributed by atoms with Crippen molar-refractivity contribution in [2.45, 2.75) is 19.5 Å². The number of aromatic nitrogens is 5. The Hall–Kier alpha value is -3.02. The van der Waals surface area contributed by atoms with Gasteiger partial charge in [0.25, 0.3) is 5.56 Å². The summed E-state index contributed by atoms with van der Waals surface area (Å²) in [5.41, 5.74) is 1.15. The van der Waals surface area contributed by atoms with Crippen LogP contribution in [0.1, 0.15) is 24.4 Å². The summed E-state index contributed by atoms with van der Waals surface area (Å²) in [6.45, 7) is 7.82. The molecule has 1 atom stereocenters. The minimum atomic E-state index is -0.376. The number of H-pyrrole nitrogens is 1. The van der Waals surface area contributed by atoms with Crippen LogP contribution in [-0.2, 0) is 11.3 Å². The van der Waals surface area contributed by atoms with E-state index in [4.69, 9.17) is 14.2 Å². The van der Waals surface area contributed by atoms with Gasteiger partial charge in [0.15, 0.2) is 17.3 Å². The maximum atomic E-state index is 13.3. The molecule has 1 N–H and O–H groups in total. The number of hydrogen-bond acceptors (Lipinski definition) is 9. The first-order chi connectivity index (χ1) is 15.7. The van der Waals surface area contributed by atoms with Crippen LogP contribution in [0.15, 0.2) is 23.0 Å². The van der Waals surface area contributed by atoms with Gasteiger partial charge in [0.1, 0.15) is 6.04 Å². The van der Waals surface area contributed by atoms with Gasteiger partial charge in [0.05, 0.1) is 18.7 Å². The van der Waals surface area contributed by atoms with Crippen molar-refractivity contribution in [1.29, 1.82) is 0 Å². The fraction of sp³-hybridized carbons (Fsp3) is 0.524. The molecule has 4 heterocycles. The second kappa shape index (κ2) is 8.85. The summed E-state index contributed by atoms with van der Waals surface area (Å²) in [7, 11) is 1.64. The summed E-state index contributed by atoms with van der Waals surface area (Å²) < 4.78 is 17.9. The third-order valence-electron chi connectivity index (χ3n) is 6.19. The molecule has 32 heavy (non-hydrogen) atoms. The van der Waals surface area contributed by atoms with Gasteiger partial charge >= 0.3 is 0 Å². The van der Waals surface area contributed by atoms with Crippen LogP contribution in [0.4, 0.5) is 0 Å². The van der Waals surface area contributed by atoms with Gasteiger partial charge < -0.3 is 24.1 Å². The SMILES string of the molecule is CCN1CCN(C(c2cc3cc4c(cc3[nH]c2=O)OCO4)c2nnnn2CCOC)CC1. The van der Waals surface area contributed by atoms with E-state index in [1.165, 1.54) is 0 Å². The molecule has 5 rings (SSSR count). The molecular formula is C21H27N7O4. The van der Waals surface area contributed by atoms with E-state index in [9.17, 15) is 4.79 Å². The number of ether oxygens (including phenoxy) is 3. The lowest BCUT2D eigenvalue weighted by molar-refractivity contribution is 0.106.